The average molecular weight is 244 g/mol. The predicted octanol–water partition coefficient (Wildman–Crippen LogP) is 0.710. The van der Waals surface area contributed by atoms with Gasteiger partial charge >= 0.3 is 0 Å². The van der Waals surface area contributed by atoms with Crippen molar-refractivity contribution >= 4 is 21.7 Å². The quantitative estimate of drug-likeness (QED) is 0.590. The number of carbonyl (C=O) groups excluding carboxylic acids is 1. The fourth-order valence-electron chi connectivity index (χ4n) is 0.630. The van der Waals surface area contributed by atoms with Gasteiger partial charge < -0.3 is 5.32 Å². The molecule has 2 N–H and O–H groups in total. The van der Waals surface area contributed by atoms with Gasteiger partial charge in [0.05, 0.1) is 18.1 Å². The second-order valence-corrected chi connectivity index (χ2v) is 4.13. The number of amides is 1. The van der Waals surface area contributed by atoms with Crippen LogP contribution in [-0.2, 0) is 14.9 Å². The minimum atomic E-state index is -3.67. The first-order valence-corrected chi connectivity index (χ1v) is 5.93. The van der Waals surface area contributed by atoms with Crippen molar-refractivity contribution in [3.05, 3.63) is 37.2 Å². The van der Waals surface area contributed by atoms with Crippen LogP contribution in [0.3, 0.4) is 0 Å². The third-order valence-electron chi connectivity index (χ3n) is 1.11. The van der Waals surface area contributed by atoms with Gasteiger partial charge in [-0.25, -0.2) is 0 Å². The Balaban J connectivity index is 0.000000385. The fourth-order valence-corrected chi connectivity index (χ4v) is 0.630. The van der Waals surface area contributed by atoms with Crippen molar-refractivity contribution in [1.29, 1.82) is 0 Å². The Hall–Kier alpha value is -1.73. The number of hydrogen-bond donors (Lipinski definition) is 2. The van der Waals surface area contributed by atoms with Gasteiger partial charge in [-0.3, -0.25) is 14.3 Å². The molecule has 0 radical (unpaired) electrons. The molecule has 0 aliphatic heterocycles. The Labute approximate surface area is 93.8 Å². The molecule has 0 aromatic carbocycles. The highest BCUT2D eigenvalue weighted by molar-refractivity contribution is 7.85. The second-order valence-electron chi connectivity index (χ2n) is 2.67. The number of nitrogens with one attached hydrogen (secondary N) is 1. The summed E-state index contributed by atoms with van der Waals surface area (Å²) < 4.78 is 25.9. The Morgan fingerprint density at radius 2 is 2.19 bits per heavy atom. The molecule has 6 nitrogen and oxygen atoms in total. The first kappa shape index (κ1) is 14.3. The SMILES string of the molecule is C=CC(=O)Nc1cccnc1.CS(=O)(=O)O. The third-order valence-corrected chi connectivity index (χ3v) is 1.11. The van der Waals surface area contributed by atoms with Crippen LogP contribution in [0.15, 0.2) is 37.2 Å². The van der Waals surface area contributed by atoms with E-state index in [4.69, 9.17) is 4.55 Å². The Bertz CT molecular complexity index is 434. The maximum atomic E-state index is 10.7. The topological polar surface area (TPSA) is 96.4 Å². The molecule has 0 bridgehead atoms. The first-order chi connectivity index (χ1) is 7.33. The van der Waals surface area contributed by atoms with Crippen LogP contribution in [0.25, 0.3) is 0 Å². The summed E-state index contributed by atoms with van der Waals surface area (Å²) in [6.45, 7) is 3.32. The van der Waals surface area contributed by atoms with E-state index in [2.05, 4.69) is 16.9 Å². The van der Waals surface area contributed by atoms with Gasteiger partial charge in [-0.1, -0.05) is 6.58 Å². The van der Waals surface area contributed by atoms with Gasteiger partial charge in [0, 0.05) is 6.20 Å². The minimum absolute atomic E-state index is 0.224. The summed E-state index contributed by atoms with van der Waals surface area (Å²) >= 11 is 0. The summed E-state index contributed by atoms with van der Waals surface area (Å²) in [6, 6.07) is 3.51. The van der Waals surface area contributed by atoms with Crippen molar-refractivity contribution in [3.8, 4) is 0 Å². The minimum Gasteiger partial charge on any atom is -0.321 e. The fraction of sp³-hybridized carbons (Fsp3) is 0.111. The zero-order valence-corrected chi connectivity index (χ0v) is 9.44. The molecule has 0 spiro atoms. The van der Waals surface area contributed by atoms with Crippen LogP contribution in [0.1, 0.15) is 0 Å². The molecule has 1 aromatic heterocycles. The lowest BCUT2D eigenvalue weighted by atomic mass is 10.4. The second kappa shape index (κ2) is 6.70. The van der Waals surface area contributed by atoms with Crippen molar-refractivity contribution in [1.82, 2.24) is 4.98 Å². The van der Waals surface area contributed by atoms with Crippen molar-refractivity contribution in [3.63, 3.8) is 0 Å². The smallest absolute Gasteiger partial charge is 0.261 e. The lowest BCUT2D eigenvalue weighted by molar-refractivity contribution is -0.111. The van der Waals surface area contributed by atoms with Gasteiger partial charge in [-0.2, -0.15) is 8.42 Å². The van der Waals surface area contributed by atoms with E-state index in [-0.39, 0.29) is 5.91 Å². The molecule has 1 heterocycles. The van der Waals surface area contributed by atoms with Crippen LogP contribution in [0.2, 0.25) is 0 Å². The molecule has 0 aliphatic carbocycles. The average Bonchev–Trinajstić information content (AvgIpc) is 2.16. The van der Waals surface area contributed by atoms with Gasteiger partial charge in [-0.15, -0.1) is 0 Å². The standard InChI is InChI=1S/C8H8N2O.CH4O3S/c1-2-8(11)10-7-4-3-5-9-6-7;1-5(2,3)4/h2-6H,1H2,(H,10,11);1H3,(H,2,3,4). The maximum Gasteiger partial charge on any atom is 0.261 e. The highest BCUT2D eigenvalue weighted by Crippen LogP contribution is 2.01. The lowest BCUT2D eigenvalue weighted by Crippen LogP contribution is -2.06. The number of carbonyl (C=O) groups is 1. The van der Waals surface area contributed by atoms with Gasteiger partial charge in [0.25, 0.3) is 10.1 Å². The molecule has 7 heteroatoms. The van der Waals surface area contributed by atoms with Gasteiger partial charge in [-0.05, 0) is 18.2 Å². The highest BCUT2D eigenvalue weighted by Gasteiger charge is 1.93. The monoisotopic (exact) mass is 244 g/mol. The van der Waals surface area contributed by atoms with Crippen molar-refractivity contribution in [2.24, 2.45) is 0 Å². The molecule has 0 saturated heterocycles. The van der Waals surface area contributed by atoms with Gasteiger partial charge in [0.15, 0.2) is 0 Å². The van der Waals surface area contributed by atoms with E-state index in [0.717, 1.165) is 0 Å². The lowest BCUT2D eigenvalue weighted by Gasteiger charge is -1.98. The van der Waals surface area contributed by atoms with E-state index in [1.165, 1.54) is 6.08 Å². The normalized spacial score (nSPS) is 9.62. The summed E-state index contributed by atoms with van der Waals surface area (Å²) in [5.74, 6) is -0.224. The van der Waals surface area contributed by atoms with Crippen molar-refractivity contribution in [2.75, 3.05) is 11.6 Å². The van der Waals surface area contributed by atoms with E-state index >= 15 is 0 Å². The molecular formula is C9H12N2O4S. The number of nitrogens with zero attached hydrogens (tertiary/aromatic N) is 1. The van der Waals surface area contributed by atoms with E-state index in [1.54, 1.807) is 24.5 Å². The Kier molecular flexibility index (Phi) is 5.97. The van der Waals surface area contributed by atoms with Crippen LogP contribution >= 0.6 is 0 Å². The number of hydrogen-bond acceptors (Lipinski definition) is 4. The zero-order valence-electron chi connectivity index (χ0n) is 8.62. The Morgan fingerprint density at radius 3 is 2.56 bits per heavy atom. The summed E-state index contributed by atoms with van der Waals surface area (Å²) in [5.41, 5.74) is 0.678. The molecule has 0 aliphatic rings. The maximum absolute atomic E-state index is 10.7. The third kappa shape index (κ3) is 10.4. The van der Waals surface area contributed by atoms with E-state index in [9.17, 15) is 13.2 Å². The van der Waals surface area contributed by atoms with Crippen LogP contribution in [0, 0.1) is 0 Å². The summed E-state index contributed by atoms with van der Waals surface area (Å²) in [5, 5.41) is 2.57. The predicted molar refractivity (Wildman–Crippen MR) is 60.5 cm³/mol. The number of aromatic nitrogens is 1. The molecule has 0 fully saturated rings. The van der Waals surface area contributed by atoms with Gasteiger partial charge in [0.1, 0.15) is 0 Å². The zero-order chi connectivity index (χ0) is 12.6. The Morgan fingerprint density at radius 1 is 1.62 bits per heavy atom. The molecule has 0 atom stereocenters. The summed E-state index contributed by atoms with van der Waals surface area (Å²) in [6.07, 6.45) is 5.14. The molecule has 1 aromatic rings. The van der Waals surface area contributed by atoms with Crippen molar-refractivity contribution < 1.29 is 17.8 Å². The van der Waals surface area contributed by atoms with E-state index in [1.807, 2.05) is 0 Å². The molecular weight excluding hydrogens is 232 g/mol. The van der Waals surface area contributed by atoms with Crippen LogP contribution < -0.4 is 5.32 Å². The molecule has 16 heavy (non-hydrogen) atoms. The molecule has 1 rings (SSSR count). The van der Waals surface area contributed by atoms with Crippen LogP contribution in [0.5, 0.6) is 0 Å². The van der Waals surface area contributed by atoms with E-state index in [0.29, 0.717) is 11.9 Å². The number of pyridine rings is 1. The van der Waals surface area contributed by atoms with E-state index < -0.39 is 10.1 Å². The molecule has 1 amide bonds. The summed E-state index contributed by atoms with van der Waals surface area (Å²) in [7, 11) is -3.67. The van der Waals surface area contributed by atoms with Crippen LogP contribution in [-0.4, -0.2) is 30.1 Å². The van der Waals surface area contributed by atoms with Crippen molar-refractivity contribution in [2.45, 2.75) is 0 Å². The number of rotatable bonds is 2. The molecule has 0 saturated carbocycles. The summed E-state index contributed by atoms with van der Waals surface area (Å²) in [4.78, 5) is 14.5. The van der Waals surface area contributed by atoms with Gasteiger partial charge in [0.2, 0.25) is 5.91 Å². The molecule has 0 unspecified atom stereocenters. The number of anilines is 1. The highest BCUT2D eigenvalue weighted by atomic mass is 32.2. The van der Waals surface area contributed by atoms with Crippen LogP contribution in [0.4, 0.5) is 5.69 Å². The molecule has 88 valence electrons. The largest absolute Gasteiger partial charge is 0.321 e. The first-order valence-electron chi connectivity index (χ1n) is 4.09.